The maximum absolute atomic E-state index is 13.6. The van der Waals surface area contributed by atoms with Crippen molar-refractivity contribution in [3.05, 3.63) is 97.7 Å². The van der Waals surface area contributed by atoms with Crippen LogP contribution in [-0.4, -0.2) is 39.6 Å². The van der Waals surface area contributed by atoms with Gasteiger partial charge in [-0.2, -0.15) is 9.50 Å². The predicted octanol–water partition coefficient (Wildman–Crippen LogP) is 3.88. The first-order valence-corrected chi connectivity index (χ1v) is 13.7. The Kier molecular flexibility index (Phi) is 6.45. The number of hydrogen-bond donors (Lipinski definition) is 1. The van der Waals surface area contributed by atoms with Gasteiger partial charge in [0.1, 0.15) is 16.8 Å². The lowest BCUT2D eigenvalue weighted by molar-refractivity contribution is -0.118. The van der Waals surface area contributed by atoms with E-state index in [0.29, 0.717) is 40.1 Å². The molecule has 5 aromatic rings. The SMILES string of the molecule is CCOc1ccc(NC(=O)CN2C(=O)/C(=c3\sc4nc(-c5ccc(Br)cc5)nn4c3=O)c3ccccc32)cc1. The van der Waals surface area contributed by atoms with Crippen LogP contribution in [0.3, 0.4) is 0 Å². The fourth-order valence-corrected chi connectivity index (χ4v) is 5.67. The number of amides is 2. The molecule has 0 aliphatic carbocycles. The fraction of sp³-hybridized carbons (Fsp3) is 0.107. The van der Waals surface area contributed by atoms with E-state index >= 15 is 0 Å². The molecule has 0 unspecified atom stereocenters. The molecule has 2 aromatic heterocycles. The quantitative estimate of drug-likeness (QED) is 0.316. The van der Waals surface area contributed by atoms with Crippen molar-refractivity contribution in [3.8, 4) is 17.1 Å². The number of rotatable bonds is 6. The molecule has 1 aliphatic heterocycles. The first-order valence-electron chi connectivity index (χ1n) is 12.1. The van der Waals surface area contributed by atoms with Crippen LogP contribution in [0.2, 0.25) is 0 Å². The number of para-hydroxylation sites is 1. The highest BCUT2D eigenvalue weighted by Gasteiger charge is 2.35. The maximum Gasteiger partial charge on any atom is 0.291 e. The summed E-state index contributed by atoms with van der Waals surface area (Å²) in [6.45, 7) is 2.23. The van der Waals surface area contributed by atoms with Crippen LogP contribution in [0.25, 0.3) is 21.9 Å². The zero-order valence-corrected chi connectivity index (χ0v) is 23.0. The molecule has 0 spiro atoms. The van der Waals surface area contributed by atoms with Crippen molar-refractivity contribution in [1.29, 1.82) is 0 Å². The van der Waals surface area contributed by atoms with Crippen LogP contribution < -0.4 is 25.0 Å². The molecule has 2 amide bonds. The van der Waals surface area contributed by atoms with Gasteiger partial charge in [-0.15, -0.1) is 5.10 Å². The van der Waals surface area contributed by atoms with Gasteiger partial charge < -0.3 is 10.1 Å². The smallest absolute Gasteiger partial charge is 0.291 e. The largest absolute Gasteiger partial charge is 0.494 e. The number of nitrogens with zero attached hydrogens (tertiary/aromatic N) is 4. The third kappa shape index (κ3) is 4.59. The van der Waals surface area contributed by atoms with Gasteiger partial charge in [0.15, 0.2) is 5.82 Å². The number of carbonyl (C=O) groups excluding carboxylic acids is 2. The van der Waals surface area contributed by atoms with Gasteiger partial charge in [0.05, 0.1) is 17.9 Å². The number of fused-ring (bicyclic) bond motifs is 2. The minimum absolute atomic E-state index is 0.213. The summed E-state index contributed by atoms with van der Waals surface area (Å²) >= 11 is 4.51. The van der Waals surface area contributed by atoms with E-state index in [1.165, 1.54) is 9.42 Å². The third-order valence-corrected chi connectivity index (χ3v) is 7.72. The molecule has 9 nitrogen and oxygen atoms in total. The first-order chi connectivity index (χ1) is 18.9. The van der Waals surface area contributed by atoms with Gasteiger partial charge in [0.2, 0.25) is 10.9 Å². The molecule has 194 valence electrons. The number of carbonyl (C=O) groups is 2. The van der Waals surface area contributed by atoms with Crippen LogP contribution >= 0.6 is 27.3 Å². The molecular weight excluding hydrogens is 582 g/mol. The van der Waals surface area contributed by atoms with Gasteiger partial charge >= 0.3 is 0 Å². The molecule has 0 saturated carbocycles. The zero-order chi connectivity index (χ0) is 27.1. The van der Waals surface area contributed by atoms with E-state index in [4.69, 9.17) is 4.74 Å². The normalized spacial score (nSPS) is 14.1. The van der Waals surface area contributed by atoms with Gasteiger partial charge in [-0.1, -0.05) is 57.6 Å². The lowest BCUT2D eigenvalue weighted by Crippen LogP contribution is -2.37. The van der Waals surface area contributed by atoms with Crippen molar-refractivity contribution in [2.24, 2.45) is 0 Å². The van der Waals surface area contributed by atoms with E-state index in [1.54, 1.807) is 48.5 Å². The Labute approximate surface area is 234 Å². The van der Waals surface area contributed by atoms with Crippen LogP contribution in [-0.2, 0) is 9.59 Å². The molecule has 1 aliphatic rings. The van der Waals surface area contributed by atoms with E-state index in [0.717, 1.165) is 21.4 Å². The first kappa shape index (κ1) is 25.0. The zero-order valence-electron chi connectivity index (χ0n) is 20.6. The molecule has 0 radical (unpaired) electrons. The van der Waals surface area contributed by atoms with Gasteiger partial charge in [0, 0.05) is 21.3 Å². The summed E-state index contributed by atoms with van der Waals surface area (Å²) in [5.41, 5.74) is 2.33. The second-order valence-electron chi connectivity index (χ2n) is 8.66. The topological polar surface area (TPSA) is 106 Å². The highest BCUT2D eigenvalue weighted by Crippen LogP contribution is 2.35. The summed E-state index contributed by atoms with van der Waals surface area (Å²) in [7, 11) is 0. The standard InChI is InChI=1S/C28H20BrN5O4S/c1-2-38-19-13-11-18(12-14-19)30-22(35)15-33-21-6-4-3-5-20(21)23(26(33)36)24-27(37)34-28(39-24)31-25(32-34)16-7-9-17(29)10-8-16/h3-14H,2,15H2,1H3,(H,30,35)/b24-23-. The number of aromatic nitrogens is 3. The number of thiazole rings is 1. The number of ether oxygens (including phenoxy) is 1. The Morgan fingerprint density at radius 3 is 2.49 bits per heavy atom. The summed E-state index contributed by atoms with van der Waals surface area (Å²) in [6.07, 6.45) is 0. The molecule has 39 heavy (non-hydrogen) atoms. The number of benzene rings is 3. The Balaban J connectivity index is 1.33. The Morgan fingerprint density at radius 1 is 1.03 bits per heavy atom. The summed E-state index contributed by atoms with van der Waals surface area (Å²) in [4.78, 5) is 46.2. The van der Waals surface area contributed by atoms with Crippen molar-refractivity contribution in [2.45, 2.75) is 6.92 Å². The van der Waals surface area contributed by atoms with E-state index in [-0.39, 0.29) is 22.6 Å². The van der Waals surface area contributed by atoms with Gasteiger partial charge in [0.25, 0.3) is 11.5 Å². The van der Waals surface area contributed by atoms with E-state index in [9.17, 15) is 14.4 Å². The van der Waals surface area contributed by atoms with Crippen LogP contribution in [0, 0.1) is 0 Å². The van der Waals surface area contributed by atoms with Crippen LogP contribution in [0.1, 0.15) is 12.5 Å². The van der Waals surface area contributed by atoms with Crippen molar-refractivity contribution in [2.75, 3.05) is 23.4 Å². The number of hydrogen-bond acceptors (Lipinski definition) is 7. The van der Waals surface area contributed by atoms with Crippen LogP contribution in [0.4, 0.5) is 11.4 Å². The third-order valence-electron chi connectivity index (χ3n) is 6.16. The molecule has 0 saturated heterocycles. The lowest BCUT2D eigenvalue weighted by Gasteiger charge is -2.16. The second-order valence-corrected chi connectivity index (χ2v) is 10.6. The van der Waals surface area contributed by atoms with E-state index < -0.39 is 11.5 Å². The minimum Gasteiger partial charge on any atom is -0.494 e. The predicted molar refractivity (Wildman–Crippen MR) is 153 cm³/mol. The van der Waals surface area contributed by atoms with Crippen LogP contribution in [0.15, 0.2) is 82.1 Å². The van der Waals surface area contributed by atoms with Gasteiger partial charge in [-0.3, -0.25) is 19.3 Å². The van der Waals surface area contributed by atoms with Crippen molar-refractivity contribution in [1.82, 2.24) is 14.6 Å². The molecule has 1 N–H and O–H groups in total. The average Bonchev–Trinajstić information content (AvgIpc) is 3.57. The summed E-state index contributed by atoms with van der Waals surface area (Å²) in [5.74, 6) is 0.334. The molecule has 3 aromatic carbocycles. The molecule has 6 rings (SSSR count). The van der Waals surface area contributed by atoms with Crippen LogP contribution in [0.5, 0.6) is 5.75 Å². The molecular formula is C28H20BrN5O4S. The van der Waals surface area contributed by atoms with Gasteiger partial charge in [-0.05, 0) is 49.4 Å². The number of halogens is 1. The summed E-state index contributed by atoms with van der Waals surface area (Å²) in [5, 5.41) is 7.21. The van der Waals surface area contributed by atoms with E-state index in [1.807, 2.05) is 31.2 Å². The molecule has 3 heterocycles. The van der Waals surface area contributed by atoms with Gasteiger partial charge in [-0.25, -0.2) is 0 Å². The Hall–Kier alpha value is -4.35. The molecule has 0 fully saturated rings. The molecule has 0 bridgehead atoms. The highest BCUT2D eigenvalue weighted by atomic mass is 79.9. The van der Waals surface area contributed by atoms with Crippen molar-refractivity contribution in [3.63, 3.8) is 0 Å². The fourth-order valence-electron chi connectivity index (χ4n) is 4.41. The number of nitrogens with one attached hydrogen (secondary N) is 1. The minimum atomic E-state index is -0.426. The summed E-state index contributed by atoms with van der Waals surface area (Å²) < 4.78 is 7.82. The Bertz CT molecular complexity index is 1850. The maximum atomic E-state index is 13.6. The average molecular weight is 602 g/mol. The Morgan fingerprint density at radius 2 is 1.77 bits per heavy atom. The molecule has 11 heteroatoms. The lowest BCUT2D eigenvalue weighted by atomic mass is 10.1. The molecule has 0 atom stereocenters. The summed E-state index contributed by atoms with van der Waals surface area (Å²) in [6, 6.07) is 21.6. The van der Waals surface area contributed by atoms with E-state index in [2.05, 4.69) is 31.3 Å². The number of anilines is 2. The highest BCUT2D eigenvalue weighted by molar-refractivity contribution is 9.10. The monoisotopic (exact) mass is 601 g/mol. The second kappa shape index (κ2) is 10.1. The van der Waals surface area contributed by atoms with Crippen molar-refractivity contribution < 1.29 is 14.3 Å². The van der Waals surface area contributed by atoms with Crippen molar-refractivity contribution >= 4 is 61.0 Å².